The molecule has 7 nitrogen and oxygen atoms in total. The van der Waals surface area contributed by atoms with Crippen LogP contribution < -0.4 is 10.9 Å². The lowest BCUT2D eigenvalue weighted by Gasteiger charge is -2.08. The molecule has 0 fully saturated rings. The third kappa shape index (κ3) is 3.18. The maximum Gasteiger partial charge on any atom is 0.347 e. The standard InChI is InChI=1S/C21H17N3O4/c1-12-6-7-18-16(8-12)20-17(21(27)28-18)10-22-24(20)11-19(26)23-15-5-3-4-14(9-15)13(2)25/h3-10H,11H2,1-2H3,(H,23,26). The smallest absolute Gasteiger partial charge is 0.347 e. The number of fused-ring (bicyclic) bond motifs is 3. The van der Waals surface area contributed by atoms with Crippen LogP contribution >= 0.6 is 0 Å². The second-order valence-electron chi connectivity index (χ2n) is 6.64. The van der Waals surface area contributed by atoms with E-state index in [9.17, 15) is 14.4 Å². The summed E-state index contributed by atoms with van der Waals surface area (Å²) in [6.07, 6.45) is 1.41. The minimum atomic E-state index is -0.493. The molecule has 2 aromatic heterocycles. The van der Waals surface area contributed by atoms with Crippen LogP contribution in [0.3, 0.4) is 0 Å². The van der Waals surface area contributed by atoms with Crippen LogP contribution in [0.5, 0.6) is 0 Å². The highest BCUT2D eigenvalue weighted by atomic mass is 16.4. The van der Waals surface area contributed by atoms with Gasteiger partial charge in [0.15, 0.2) is 5.78 Å². The Hall–Kier alpha value is -3.74. The predicted octanol–water partition coefficient (Wildman–Crippen LogP) is 3.29. The van der Waals surface area contributed by atoms with E-state index < -0.39 is 5.63 Å². The van der Waals surface area contributed by atoms with Gasteiger partial charge in [-0.2, -0.15) is 5.10 Å². The van der Waals surface area contributed by atoms with Crippen LogP contribution in [-0.4, -0.2) is 21.5 Å². The molecule has 28 heavy (non-hydrogen) atoms. The highest BCUT2D eigenvalue weighted by Gasteiger charge is 2.15. The zero-order chi connectivity index (χ0) is 19.8. The molecule has 1 amide bonds. The summed E-state index contributed by atoms with van der Waals surface area (Å²) in [7, 11) is 0. The van der Waals surface area contributed by atoms with Crippen molar-refractivity contribution in [2.45, 2.75) is 20.4 Å². The molecule has 2 heterocycles. The fourth-order valence-electron chi connectivity index (χ4n) is 3.16. The number of rotatable bonds is 4. The monoisotopic (exact) mass is 375 g/mol. The van der Waals surface area contributed by atoms with Crippen LogP contribution in [-0.2, 0) is 11.3 Å². The van der Waals surface area contributed by atoms with Gasteiger partial charge in [0.05, 0.1) is 11.7 Å². The normalized spacial score (nSPS) is 11.1. The summed E-state index contributed by atoms with van der Waals surface area (Å²) in [5.74, 6) is -0.400. The highest BCUT2D eigenvalue weighted by molar-refractivity contribution is 6.03. The third-order valence-electron chi connectivity index (χ3n) is 4.50. The first-order valence-electron chi connectivity index (χ1n) is 8.72. The first kappa shape index (κ1) is 17.7. The minimum absolute atomic E-state index is 0.0808. The molecule has 0 spiro atoms. The fourth-order valence-corrected chi connectivity index (χ4v) is 3.16. The topological polar surface area (TPSA) is 94.2 Å². The molecule has 2 aromatic carbocycles. The number of aryl methyl sites for hydroxylation is 1. The maximum atomic E-state index is 12.5. The van der Waals surface area contributed by atoms with E-state index in [2.05, 4.69) is 10.4 Å². The van der Waals surface area contributed by atoms with Gasteiger partial charge in [0.1, 0.15) is 17.5 Å². The SMILES string of the molecule is CC(=O)c1cccc(NC(=O)Cn2ncc3c(=O)oc4ccc(C)cc4c32)c1. The summed E-state index contributed by atoms with van der Waals surface area (Å²) in [5.41, 5.74) is 2.55. The average Bonchev–Trinajstić information content (AvgIpc) is 3.07. The summed E-state index contributed by atoms with van der Waals surface area (Å²) in [6, 6.07) is 12.2. The molecule has 0 saturated heterocycles. The van der Waals surface area contributed by atoms with Crippen molar-refractivity contribution in [3.05, 3.63) is 70.2 Å². The van der Waals surface area contributed by atoms with Crippen LogP contribution in [0.1, 0.15) is 22.8 Å². The van der Waals surface area contributed by atoms with E-state index in [4.69, 9.17) is 4.42 Å². The van der Waals surface area contributed by atoms with Crippen molar-refractivity contribution in [3.63, 3.8) is 0 Å². The molecule has 140 valence electrons. The summed E-state index contributed by atoms with van der Waals surface area (Å²) in [6.45, 7) is 3.32. The van der Waals surface area contributed by atoms with Crippen molar-refractivity contribution in [1.29, 1.82) is 0 Å². The Morgan fingerprint density at radius 3 is 2.75 bits per heavy atom. The number of benzene rings is 2. The van der Waals surface area contributed by atoms with Gasteiger partial charge < -0.3 is 9.73 Å². The van der Waals surface area contributed by atoms with E-state index in [-0.39, 0.29) is 18.2 Å². The lowest BCUT2D eigenvalue weighted by molar-refractivity contribution is -0.116. The van der Waals surface area contributed by atoms with E-state index in [1.807, 2.05) is 19.1 Å². The molecule has 0 bridgehead atoms. The number of ketones is 1. The predicted molar refractivity (Wildman–Crippen MR) is 106 cm³/mol. The molecule has 0 aliphatic heterocycles. The number of anilines is 1. The van der Waals surface area contributed by atoms with E-state index >= 15 is 0 Å². The number of carbonyl (C=O) groups is 2. The van der Waals surface area contributed by atoms with Gasteiger partial charge in [-0.05, 0) is 38.1 Å². The summed E-state index contributed by atoms with van der Waals surface area (Å²) < 4.78 is 6.82. The zero-order valence-electron chi connectivity index (χ0n) is 15.4. The Morgan fingerprint density at radius 2 is 1.96 bits per heavy atom. The van der Waals surface area contributed by atoms with E-state index in [1.54, 1.807) is 30.3 Å². The first-order valence-corrected chi connectivity index (χ1v) is 8.72. The first-order chi connectivity index (χ1) is 13.4. The van der Waals surface area contributed by atoms with Crippen molar-refractivity contribution in [1.82, 2.24) is 9.78 Å². The van der Waals surface area contributed by atoms with Crippen molar-refractivity contribution in [2.24, 2.45) is 0 Å². The quantitative estimate of drug-likeness (QED) is 0.436. The minimum Gasteiger partial charge on any atom is -0.422 e. The van der Waals surface area contributed by atoms with Gasteiger partial charge in [-0.15, -0.1) is 0 Å². The van der Waals surface area contributed by atoms with Gasteiger partial charge in [-0.1, -0.05) is 23.8 Å². The molecule has 0 atom stereocenters. The number of aromatic nitrogens is 2. The van der Waals surface area contributed by atoms with Crippen molar-refractivity contribution >= 4 is 39.2 Å². The molecule has 0 saturated carbocycles. The van der Waals surface area contributed by atoms with Gasteiger partial charge in [0, 0.05) is 16.6 Å². The Balaban J connectivity index is 1.70. The zero-order valence-corrected chi connectivity index (χ0v) is 15.4. The van der Waals surface area contributed by atoms with Gasteiger partial charge in [0.2, 0.25) is 5.91 Å². The molecule has 4 aromatic rings. The number of carbonyl (C=O) groups excluding carboxylic acids is 2. The highest BCUT2D eigenvalue weighted by Crippen LogP contribution is 2.24. The van der Waals surface area contributed by atoms with Crippen LogP contribution in [0.4, 0.5) is 5.69 Å². The van der Waals surface area contributed by atoms with Crippen molar-refractivity contribution < 1.29 is 14.0 Å². The molecule has 4 rings (SSSR count). The van der Waals surface area contributed by atoms with Crippen molar-refractivity contribution in [3.8, 4) is 0 Å². The second kappa shape index (κ2) is 6.77. The Labute approximate surface area is 159 Å². The van der Waals surface area contributed by atoms with Gasteiger partial charge in [-0.25, -0.2) is 4.79 Å². The van der Waals surface area contributed by atoms with Crippen LogP contribution in [0, 0.1) is 6.92 Å². The Morgan fingerprint density at radius 1 is 1.14 bits per heavy atom. The van der Waals surface area contributed by atoms with E-state index in [0.717, 1.165) is 10.9 Å². The summed E-state index contributed by atoms with van der Waals surface area (Å²) in [4.78, 5) is 36.3. The van der Waals surface area contributed by atoms with Gasteiger partial charge in [-0.3, -0.25) is 14.3 Å². The van der Waals surface area contributed by atoms with E-state index in [0.29, 0.717) is 27.7 Å². The maximum absolute atomic E-state index is 12.5. The molecule has 0 unspecified atom stereocenters. The Bertz CT molecular complexity index is 1300. The number of Topliss-reactive ketones (excluding diaryl/α,β-unsaturated/α-hetero) is 1. The van der Waals surface area contributed by atoms with Gasteiger partial charge >= 0.3 is 5.63 Å². The van der Waals surface area contributed by atoms with Crippen molar-refractivity contribution in [2.75, 3.05) is 5.32 Å². The largest absolute Gasteiger partial charge is 0.422 e. The lowest BCUT2D eigenvalue weighted by Crippen LogP contribution is -2.19. The van der Waals surface area contributed by atoms with Crippen LogP contribution in [0.15, 0.2) is 57.9 Å². The summed E-state index contributed by atoms with van der Waals surface area (Å²) >= 11 is 0. The number of nitrogens with zero attached hydrogens (tertiary/aromatic N) is 2. The molecular formula is C21H17N3O4. The summed E-state index contributed by atoms with van der Waals surface area (Å²) in [5, 5.41) is 8.01. The molecule has 0 aliphatic carbocycles. The molecule has 0 radical (unpaired) electrons. The van der Waals surface area contributed by atoms with Crippen LogP contribution in [0.25, 0.3) is 21.9 Å². The molecular weight excluding hydrogens is 358 g/mol. The Kier molecular flexibility index (Phi) is 4.27. The molecule has 0 aliphatic rings. The number of hydrogen-bond acceptors (Lipinski definition) is 5. The number of nitrogens with one attached hydrogen (secondary N) is 1. The lowest BCUT2D eigenvalue weighted by atomic mass is 10.1. The average molecular weight is 375 g/mol. The molecule has 7 heteroatoms. The number of hydrogen-bond donors (Lipinski definition) is 1. The molecule has 1 N–H and O–H groups in total. The second-order valence-corrected chi connectivity index (χ2v) is 6.64. The van der Waals surface area contributed by atoms with E-state index in [1.165, 1.54) is 17.8 Å². The number of amides is 1. The van der Waals surface area contributed by atoms with Crippen LogP contribution in [0.2, 0.25) is 0 Å². The fraction of sp³-hybridized carbons (Fsp3) is 0.143. The third-order valence-corrected chi connectivity index (χ3v) is 4.50. The van der Waals surface area contributed by atoms with Gasteiger partial charge in [0.25, 0.3) is 0 Å².